The second-order valence-electron chi connectivity index (χ2n) is 5.08. The van der Waals surface area contributed by atoms with Gasteiger partial charge in [-0.1, -0.05) is 12.1 Å². The lowest BCUT2D eigenvalue weighted by Gasteiger charge is -2.11. The Morgan fingerprint density at radius 3 is 2.70 bits per heavy atom. The highest BCUT2D eigenvalue weighted by Crippen LogP contribution is 2.28. The monoisotopic (exact) mass is 310 g/mol. The molecule has 118 valence electrons. The Morgan fingerprint density at radius 2 is 1.91 bits per heavy atom. The molecule has 0 unspecified atom stereocenters. The van der Waals surface area contributed by atoms with E-state index in [2.05, 4.69) is 27.4 Å². The Hall–Kier alpha value is -2.73. The van der Waals surface area contributed by atoms with E-state index in [1.54, 1.807) is 19.5 Å². The van der Waals surface area contributed by atoms with Crippen molar-refractivity contribution in [1.82, 2.24) is 20.5 Å². The molecular formula is C17H18N4O2. The average molecular weight is 310 g/mol. The number of para-hydroxylation sites is 1. The SMILES string of the molecule is COc1ccccc1-c1nnc(CN[C@H](C)c2ccncc2)o1. The van der Waals surface area contributed by atoms with Gasteiger partial charge in [0.1, 0.15) is 5.75 Å². The van der Waals surface area contributed by atoms with Crippen molar-refractivity contribution in [3.05, 3.63) is 60.2 Å². The Labute approximate surface area is 134 Å². The van der Waals surface area contributed by atoms with E-state index in [4.69, 9.17) is 9.15 Å². The summed E-state index contributed by atoms with van der Waals surface area (Å²) >= 11 is 0. The zero-order valence-corrected chi connectivity index (χ0v) is 13.1. The van der Waals surface area contributed by atoms with Gasteiger partial charge in [0.2, 0.25) is 5.89 Å². The number of nitrogens with one attached hydrogen (secondary N) is 1. The maximum atomic E-state index is 5.72. The van der Waals surface area contributed by atoms with Gasteiger partial charge in [0.05, 0.1) is 19.2 Å². The number of hydrogen-bond acceptors (Lipinski definition) is 6. The predicted molar refractivity (Wildman–Crippen MR) is 85.8 cm³/mol. The van der Waals surface area contributed by atoms with Gasteiger partial charge in [-0.25, -0.2) is 0 Å². The number of methoxy groups -OCH3 is 1. The van der Waals surface area contributed by atoms with Crippen molar-refractivity contribution in [3.63, 3.8) is 0 Å². The van der Waals surface area contributed by atoms with Crippen LogP contribution in [0.1, 0.15) is 24.4 Å². The summed E-state index contributed by atoms with van der Waals surface area (Å²) in [6.45, 7) is 2.57. The van der Waals surface area contributed by atoms with Crippen molar-refractivity contribution in [2.24, 2.45) is 0 Å². The smallest absolute Gasteiger partial charge is 0.251 e. The summed E-state index contributed by atoms with van der Waals surface area (Å²) in [5.74, 6) is 1.70. The van der Waals surface area contributed by atoms with Gasteiger partial charge in [-0.15, -0.1) is 10.2 Å². The second-order valence-corrected chi connectivity index (χ2v) is 5.08. The lowest BCUT2D eigenvalue weighted by molar-refractivity contribution is 0.412. The van der Waals surface area contributed by atoms with Gasteiger partial charge in [-0.05, 0) is 36.8 Å². The molecule has 1 atom stereocenters. The average Bonchev–Trinajstić information content (AvgIpc) is 3.09. The summed E-state index contributed by atoms with van der Waals surface area (Å²) in [4.78, 5) is 4.02. The minimum atomic E-state index is 0.166. The predicted octanol–water partition coefficient (Wildman–Crippen LogP) is 2.99. The molecule has 0 saturated heterocycles. The summed E-state index contributed by atoms with van der Waals surface area (Å²) in [6, 6.07) is 11.7. The van der Waals surface area contributed by atoms with Gasteiger partial charge in [-0.3, -0.25) is 4.98 Å². The van der Waals surface area contributed by atoms with Crippen molar-refractivity contribution in [2.45, 2.75) is 19.5 Å². The number of rotatable bonds is 6. The second kappa shape index (κ2) is 7.02. The van der Waals surface area contributed by atoms with Crippen LogP contribution in [-0.2, 0) is 6.54 Å². The van der Waals surface area contributed by atoms with Crippen LogP contribution in [0.2, 0.25) is 0 Å². The fourth-order valence-electron chi connectivity index (χ4n) is 2.27. The highest BCUT2D eigenvalue weighted by Gasteiger charge is 2.13. The van der Waals surface area contributed by atoms with Gasteiger partial charge >= 0.3 is 0 Å². The number of pyridine rings is 1. The van der Waals surface area contributed by atoms with Gasteiger partial charge in [-0.2, -0.15) is 0 Å². The minimum Gasteiger partial charge on any atom is -0.496 e. The van der Waals surface area contributed by atoms with Crippen LogP contribution in [0.3, 0.4) is 0 Å². The van der Waals surface area contributed by atoms with Crippen LogP contribution < -0.4 is 10.1 Å². The Bertz CT molecular complexity index is 758. The molecule has 0 bridgehead atoms. The van der Waals surface area contributed by atoms with Crippen molar-refractivity contribution < 1.29 is 9.15 Å². The molecule has 3 aromatic rings. The maximum Gasteiger partial charge on any atom is 0.251 e. The molecule has 0 saturated carbocycles. The molecule has 6 heteroatoms. The Morgan fingerprint density at radius 1 is 1.13 bits per heavy atom. The molecule has 0 aliphatic carbocycles. The van der Waals surface area contributed by atoms with Gasteiger partial charge < -0.3 is 14.5 Å². The molecule has 0 amide bonds. The van der Waals surface area contributed by atoms with Crippen LogP contribution in [0.5, 0.6) is 5.75 Å². The molecule has 2 aromatic heterocycles. The van der Waals surface area contributed by atoms with Crippen LogP contribution in [0.15, 0.2) is 53.2 Å². The number of ether oxygens (including phenoxy) is 1. The zero-order valence-electron chi connectivity index (χ0n) is 13.1. The summed E-state index contributed by atoms with van der Waals surface area (Å²) in [6.07, 6.45) is 3.56. The summed E-state index contributed by atoms with van der Waals surface area (Å²) in [5.41, 5.74) is 1.94. The van der Waals surface area contributed by atoms with Crippen LogP contribution >= 0.6 is 0 Å². The molecule has 1 N–H and O–H groups in total. The van der Waals surface area contributed by atoms with Crippen molar-refractivity contribution in [3.8, 4) is 17.2 Å². The van der Waals surface area contributed by atoms with E-state index in [0.29, 0.717) is 24.1 Å². The molecule has 0 radical (unpaired) electrons. The first-order chi connectivity index (χ1) is 11.3. The summed E-state index contributed by atoms with van der Waals surface area (Å²) in [5, 5.41) is 11.5. The third kappa shape index (κ3) is 3.54. The lowest BCUT2D eigenvalue weighted by atomic mass is 10.1. The fourth-order valence-corrected chi connectivity index (χ4v) is 2.27. The minimum absolute atomic E-state index is 0.166. The first-order valence-electron chi connectivity index (χ1n) is 7.37. The molecule has 23 heavy (non-hydrogen) atoms. The van der Waals surface area contributed by atoms with Crippen molar-refractivity contribution >= 4 is 0 Å². The van der Waals surface area contributed by atoms with Crippen molar-refractivity contribution in [1.29, 1.82) is 0 Å². The number of aromatic nitrogens is 3. The van der Waals surface area contributed by atoms with Crippen LogP contribution in [0.25, 0.3) is 11.5 Å². The first-order valence-corrected chi connectivity index (χ1v) is 7.37. The van der Waals surface area contributed by atoms with E-state index in [0.717, 1.165) is 11.1 Å². The molecule has 6 nitrogen and oxygen atoms in total. The zero-order chi connectivity index (χ0) is 16.1. The quantitative estimate of drug-likeness (QED) is 0.754. The van der Waals surface area contributed by atoms with E-state index < -0.39 is 0 Å². The summed E-state index contributed by atoms with van der Waals surface area (Å²) in [7, 11) is 1.62. The van der Waals surface area contributed by atoms with Gasteiger partial charge in [0.15, 0.2) is 0 Å². The van der Waals surface area contributed by atoms with Gasteiger partial charge in [0.25, 0.3) is 5.89 Å². The highest BCUT2D eigenvalue weighted by atomic mass is 16.5. The summed E-state index contributed by atoms with van der Waals surface area (Å²) < 4.78 is 11.0. The topological polar surface area (TPSA) is 73.1 Å². The van der Waals surface area contributed by atoms with E-state index in [1.807, 2.05) is 36.4 Å². The molecule has 0 aliphatic rings. The largest absolute Gasteiger partial charge is 0.496 e. The van der Waals surface area contributed by atoms with Gasteiger partial charge in [0, 0.05) is 18.4 Å². The normalized spacial score (nSPS) is 12.1. The lowest BCUT2D eigenvalue weighted by Crippen LogP contribution is -2.18. The molecule has 0 spiro atoms. The first kappa shape index (κ1) is 15.2. The Kier molecular flexibility index (Phi) is 4.63. The van der Waals surface area contributed by atoms with E-state index in [9.17, 15) is 0 Å². The molecule has 0 fully saturated rings. The fraction of sp³-hybridized carbons (Fsp3) is 0.235. The maximum absolute atomic E-state index is 5.72. The van der Waals surface area contributed by atoms with E-state index in [-0.39, 0.29) is 6.04 Å². The highest BCUT2D eigenvalue weighted by molar-refractivity contribution is 5.62. The molecule has 1 aromatic carbocycles. The Balaban J connectivity index is 1.68. The van der Waals surface area contributed by atoms with Crippen molar-refractivity contribution in [2.75, 3.05) is 7.11 Å². The van der Waals surface area contributed by atoms with Crippen LogP contribution in [0, 0.1) is 0 Å². The number of benzene rings is 1. The molecule has 3 rings (SSSR count). The molecular weight excluding hydrogens is 292 g/mol. The standard InChI is InChI=1S/C17H18N4O2/c1-12(13-7-9-18-10-8-13)19-11-16-20-21-17(23-16)14-5-3-4-6-15(14)22-2/h3-10,12,19H,11H2,1-2H3/t12-/m1/s1. The molecule has 2 heterocycles. The third-order valence-corrected chi connectivity index (χ3v) is 3.57. The number of hydrogen-bond donors (Lipinski definition) is 1. The third-order valence-electron chi connectivity index (χ3n) is 3.57. The van der Waals surface area contributed by atoms with E-state index in [1.165, 1.54) is 0 Å². The van der Waals surface area contributed by atoms with Crippen LogP contribution in [0.4, 0.5) is 0 Å². The number of nitrogens with zero attached hydrogens (tertiary/aromatic N) is 3. The van der Waals surface area contributed by atoms with E-state index >= 15 is 0 Å². The molecule has 0 aliphatic heterocycles. The van der Waals surface area contributed by atoms with Crippen LogP contribution in [-0.4, -0.2) is 22.3 Å².